The first-order chi connectivity index (χ1) is 11.0. The third-order valence-corrected chi connectivity index (χ3v) is 4.78. The van der Waals surface area contributed by atoms with E-state index in [-0.39, 0.29) is 34.8 Å². The number of carboxylic acid groups (broad SMARTS) is 1. The van der Waals surface area contributed by atoms with Crippen molar-refractivity contribution >= 4 is 17.6 Å². The lowest BCUT2D eigenvalue weighted by molar-refractivity contribution is -0.255. The Bertz CT molecular complexity index is 861. The molecule has 23 heavy (non-hydrogen) atoms. The molecule has 0 bridgehead atoms. The smallest absolute Gasteiger partial charge is 0.259 e. The molecule has 4 rings (SSSR count). The molecule has 0 unspecified atom stereocenters. The predicted octanol–water partition coefficient (Wildman–Crippen LogP) is 2.40. The van der Waals surface area contributed by atoms with Crippen LogP contribution in [0, 0.1) is 5.82 Å². The second kappa shape index (κ2) is 4.65. The largest absolute Gasteiger partial charge is 0.545 e. The molecule has 2 atom stereocenters. The first-order valence-corrected chi connectivity index (χ1v) is 7.46. The van der Waals surface area contributed by atoms with Crippen molar-refractivity contribution in [1.82, 2.24) is 0 Å². The SMILES string of the molecule is C[C@@H]1C[C@H]2c3cccc(C(=O)[O-])c3C(=O)N2c2ccc(F)cc21. The van der Waals surface area contributed by atoms with Gasteiger partial charge in [-0.1, -0.05) is 25.1 Å². The molecule has 0 radical (unpaired) electrons. The summed E-state index contributed by atoms with van der Waals surface area (Å²) in [6, 6.07) is 8.95. The maximum atomic E-state index is 13.6. The lowest BCUT2D eigenvalue weighted by atomic mass is 9.85. The zero-order valence-corrected chi connectivity index (χ0v) is 12.4. The van der Waals surface area contributed by atoms with Gasteiger partial charge in [0.2, 0.25) is 0 Å². The highest BCUT2D eigenvalue weighted by Crippen LogP contribution is 2.50. The fourth-order valence-electron chi connectivity index (χ4n) is 3.77. The summed E-state index contributed by atoms with van der Waals surface area (Å²) in [5, 5.41) is 11.3. The summed E-state index contributed by atoms with van der Waals surface area (Å²) in [6.45, 7) is 1.99. The highest BCUT2D eigenvalue weighted by Gasteiger charge is 2.43. The molecule has 2 aliphatic rings. The number of hydrogen-bond acceptors (Lipinski definition) is 3. The van der Waals surface area contributed by atoms with Gasteiger partial charge in [-0.3, -0.25) is 4.79 Å². The van der Waals surface area contributed by atoms with Crippen molar-refractivity contribution in [3.05, 3.63) is 64.5 Å². The maximum absolute atomic E-state index is 13.6. The number of amides is 1. The van der Waals surface area contributed by atoms with Gasteiger partial charge < -0.3 is 14.8 Å². The molecule has 0 fully saturated rings. The molecule has 2 heterocycles. The van der Waals surface area contributed by atoms with Crippen molar-refractivity contribution in [2.24, 2.45) is 0 Å². The number of aromatic carboxylic acids is 1. The Hall–Kier alpha value is -2.69. The minimum absolute atomic E-state index is 0.0762. The number of fused-ring (bicyclic) bond motifs is 5. The normalized spacial score (nSPS) is 21.7. The van der Waals surface area contributed by atoms with E-state index < -0.39 is 5.97 Å². The number of anilines is 1. The van der Waals surface area contributed by atoms with Gasteiger partial charge in [0.25, 0.3) is 5.91 Å². The van der Waals surface area contributed by atoms with E-state index >= 15 is 0 Å². The van der Waals surface area contributed by atoms with E-state index in [2.05, 4.69) is 0 Å². The van der Waals surface area contributed by atoms with Crippen LogP contribution in [0.1, 0.15) is 57.1 Å². The van der Waals surface area contributed by atoms with Gasteiger partial charge in [0.05, 0.1) is 17.6 Å². The van der Waals surface area contributed by atoms with Crippen molar-refractivity contribution in [2.45, 2.75) is 25.3 Å². The average Bonchev–Trinajstić information content (AvgIpc) is 2.81. The third-order valence-electron chi connectivity index (χ3n) is 4.78. The molecular weight excluding hydrogens is 297 g/mol. The molecule has 0 saturated carbocycles. The van der Waals surface area contributed by atoms with Gasteiger partial charge in [0.1, 0.15) is 5.82 Å². The van der Waals surface area contributed by atoms with Gasteiger partial charge in [0.15, 0.2) is 0 Å². The molecule has 0 spiro atoms. The summed E-state index contributed by atoms with van der Waals surface area (Å²) >= 11 is 0. The zero-order valence-electron chi connectivity index (χ0n) is 12.4. The summed E-state index contributed by atoms with van der Waals surface area (Å²) in [5.74, 6) is -1.98. The predicted molar refractivity (Wildman–Crippen MR) is 79.8 cm³/mol. The Kier molecular flexibility index (Phi) is 2.82. The number of carbonyl (C=O) groups is 2. The molecule has 116 valence electrons. The fraction of sp³-hybridized carbons (Fsp3) is 0.222. The van der Waals surface area contributed by atoms with Crippen LogP contribution in [0.15, 0.2) is 36.4 Å². The minimum atomic E-state index is -1.36. The van der Waals surface area contributed by atoms with Crippen molar-refractivity contribution in [1.29, 1.82) is 0 Å². The first kappa shape index (κ1) is 13.9. The highest BCUT2D eigenvalue weighted by molar-refractivity contribution is 6.16. The first-order valence-electron chi connectivity index (χ1n) is 7.46. The number of carboxylic acids is 1. The third kappa shape index (κ3) is 1.82. The molecule has 0 aromatic heterocycles. The van der Waals surface area contributed by atoms with Gasteiger partial charge in [0, 0.05) is 11.3 Å². The van der Waals surface area contributed by atoms with Crippen LogP contribution in [0.5, 0.6) is 0 Å². The van der Waals surface area contributed by atoms with Gasteiger partial charge in [-0.05, 0) is 41.7 Å². The molecule has 2 aromatic rings. The van der Waals surface area contributed by atoms with Crippen LogP contribution in [0.4, 0.5) is 10.1 Å². The van der Waals surface area contributed by atoms with Gasteiger partial charge in [-0.2, -0.15) is 0 Å². The quantitative estimate of drug-likeness (QED) is 0.812. The monoisotopic (exact) mass is 310 g/mol. The number of rotatable bonds is 1. The second-order valence-corrected chi connectivity index (χ2v) is 6.09. The summed E-state index contributed by atoms with van der Waals surface area (Å²) in [4.78, 5) is 25.8. The Morgan fingerprint density at radius 2 is 2.04 bits per heavy atom. The van der Waals surface area contributed by atoms with Gasteiger partial charge in [-0.15, -0.1) is 0 Å². The lowest BCUT2D eigenvalue weighted by Crippen LogP contribution is -2.33. The summed E-state index contributed by atoms with van der Waals surface area (Å²) in [5.41, 5.74) is 2.25. The molecular formula is C18H13FNO3-. The molecule has 4 nitrogen and oxygen atoms in total. The molecule has 0 saturated heterocycles. The number of carbonyl (C=O) groups excluding carboxylic acids is 2. The molecule has 0 N–H and O–H groups in total. The topological polar surface area (TPSA) is 60.4 Å². The van der Waals surface area contributed by atoms with Gasteiger partial charge >= 0.3 is 0 Å². The minimum Gasteiger partial charge on any atom is -0.545 e. The Balaban J connectivity index is 1.94. The second-order valence-electron chi connectivity index (χ2n) is 6.09. The van der Waals surface area contributed by atoms with Gasteiger partial charge in [-0.25, -0.2) is 4.39 Å². The molecule has 0 aliphatic carbocycles. The van der Waals surface area contributed by atoms with E-state index in [0.717, 1.165) is 5.56 Å². The molecule has 2 aliphatic heterocycles. The number of hydrogen-bond donors (Lipinski definition) is 0. The molecule has 5 heteroatoms. The Labute approximate surface area is 132 Å². The Morgan fingerprint density at radius 1 is 1.26 bits per heavy atom. The van der Waals surface area contributed by atoms with Crippen molar-refractivity contribution in [3.8, 4) is 0 Å². The highest BCUT2D eigenvalue weighted by atomic mass is 19.1. The van der Waals surface area contributed by atoms with E-state index in [1.807, 2.05) is 6.92 Å². The summed E-state index contributed by atoms with van der Waals surface area (Å²) in [7, 11) is 0. The van der Waals surface area contributed by atoms with Crippen LogP contribution >= 0.6 is 0 Å². The number of benzene rings is 2. The fourth-order valence-corrected chi connectivity index (χ4v) is 3.77. The number of nitrogens with zero attached hydrogens (tertiary/aromatic N) is 1. The van der Waals surface area contributed by atoms with Crippen molar-refractivity contribution in [2.75, 3.05) is 4.90 Å². The van der Waals surface area contributed by atoms with E-state index in [4.69, 9.17) is 0 Å². The standard InChI is InChI=1S/C18H14FNO3/c1-9-7-15-11-3-2-4-12(18(22)23)16(11)17(21)20(15)14-6-5-10(19)8-13(9)14/h2-6,8-9,15H,7H2,1H3,(H,22,23)/p-1/t9-,15+/m1/s1. The zero-order chi connectivity index (χ0) is 16.3. The van der Waals surface area contributed by atoms with Crippen LogP contribution < -0.4 is 10.0 Å². The van der Waals surface area contributed by atoms with E-state index in [9.17, 15) is 19.1 Å². The number of halogens is 1. The Morgan fingerprint density at radius 3 is 2.78 bits per heavy atom. The molecule has 2 aromatic carbocycles. The van der Waals surface area contributed by atoms with E-state index in [0.29, 0.717) is 17.7 Å². The van der Waals surface area contributed by atoms with Crippen LogP contribution in [0.25, 0.3) is 0 Å². The van der Waals surface area contributed by atoms with Crippen LogP contribution in [-0.2, 0) is 0 Å². The van der Waals surface area contributed by atoms with Crippen LogP contribution in [0.3, 0.4) is 0 Å². The molecule has 1 amide bonds. The van der Waals surface area contributed by atoms with E-state index in [1.54, 1.807) is 23.1 Å². The van der Waals surface area contributed by atoms with E-state index in [1.165, 1.54) is 18.2 Å². The maximum Gasteiger partial charge on any atom is 0.259 e. The van der Waals surface area contributed by atoms with Crippen LogP contribution in [-0.4, -0.2) is 11.9 Å². The van der Waals surface area contributed by atoms with Crippen molar-refractivity contribution < 1.29 is 19.1 Å². The van der Waals surface area contributed by atoms with Crippen LogP contribution in [0.2, 0.25) is 0 Å². The van der Waals surface area contributed by atoms with Crippen molar-refractivity contribution in [3.63, 3.8) is 0 Å². The summed E-state index contributed by atoms with van der Waals surface area (Å²) < 4.78 is 13.6. The average molecular weight is 310 g/mol. The summed E-state index contributed by atoms with van der Waals surface area (Å²) in [6.07, 6.45) is 0.631. The lowest BCUT2D eigenvalue weighted by Gasteiger charge is -2.35.